The molecule has 3 atom stereocenters. The van der Waals surface area contributed by atoms with E-state index in [0.717, 1.165) is 12.5 Å². The second-order valence-electron chi connectivity index (χ2n) is 4.37. The first-order valence-corrected chi connectivity index (χ1v) is 5.25. The Morgan fingerprint density at radius 3 is 2.56 bits per heavy atom. The zero-order chi connectivity index (χ0) is 11.9. The van der Waals surface area contributed by atoms with Crippen LogP contribution >= 0.6 is 0 Å². The molecular weight excluding hydrogens is 217 g/mol. The van der Waals surface area contributed by atoms with E-state index in [9.17, 15) is 18.3 Å². The van der Waals surface area contributed by atoms with Gasteiger partial charge in [-0.05, 0) is 36.8 Å². The molecule has 1 saturated carbocycles. The van der Waals surface area contributed by atoms with E-state index in [4.69, 9.17) is 0 Å². The number of benzene rings is 1. The molecule has 88 valence electrons. The van der Waals surface area contributed by atoms with Crippen molar-refractivity contribution < 1.29 is 18.3 Å². The monoisotopic (exact) mass is 230 g/mol. The molecule has 1 N–H and O–H groups in total. The smallest absolute Gasteiger partial charge is 0.393 e. The third kappa shape index (κ3) is 2.21. The molecule has 1 fully saturated rings. The molecule has 0 aromatic heterocycles. The summed E-state index contributed by atoms with van der Waals surface area (Å²) in [7, 11) is 0. The number of aliphatic hydroxyl groups excluding tert-OH is 1. The molecule has 1 aliphatic rings. The quantitative estimate of drug-likeness (QED) is 0.827. The summed E-state index contributed by atoms with van der Waals surface area (Å²) in [5, 5.41) is 9.33. The lowest BCUT2D eigenvalue weighted by molar-refractivity contribution is -0.137. The highest BCUT2D eigenvalue weighted by molar-refractivity contribution is 5.32. The van der Waals surface area contributed by atoms with Gasteiger partial charge in [0.1, 0.15) is 0 Å². The summed E-state index contributed by atoms with van der Waals surface area (Å²) in [4.78, 5) is 0. The average molecular weight is 230 g/mol. The van der Waals surface area contributed by atoms with Crippen LogP contribution in [0.5, 0.6) is 0 Å². The first-order valence-electron chi connectivity index (χ1n) is 5.25. The zero-order valence-electron chi connectivity index (χ0n) is 8.83. The minimum absolute atomic E-state index is 0.0855. The van der Waals surface area contributed by atoms with Gasteiger partial charge in [-0.15, -0.1) is 0 Å². The SMILES string of the molecule is C[C@H](O)[C@H]1C[C@H]1c1cccc(C(F)(F)F)c1. The number of alkyl halides is 3. The van der Waals surface area contributed by atoms with Crippen molar-refractivity contribution in [3.8, 4) is 0 Å². The topological polar surface area (TPSA) is 20.2 Å². The minimum atomic E-state index is -4.29. The van der Waals surface area contributed by atoms with E-state index in [1.54, 1.807) is 13.0 Å². The number of aliphatic hydroxyl groups is 1. The van der Waals surface area contributed by atoms with Gasteiger partial charge in [0.25, 0.3) is 0 Å². The van der Waals surface area contributed by atoms with Crippen LogP contribution in [-0.4, -0.2) is 11.2 Å². The zero-order valence-corrected chi connectivity index (χ0v) is 8.83. The summed E-state index contributed by atoms with van der Waals surface area (Å²) >= 11 is 0. The van der Waals surface area contributed by atoms with E-state index in [2.05, 4.69) is 0 Å². The van der Waals surface area contributed by atoms with Crippen LogP contribution in [0, 0.1) is 5.92 Å². The van der Waals surface area contributed by atoms with Crippen molar-refractivity contribution in [2.24, 2.45) is 5.92 Å². The van der Waals surface area contributed by atoms with Crippen molar-refractivity contribution in [3.63, 3.8) is 0 Å². The van der Waals surface area contributed by atoms with Gasteiger partial charge < -0.3 is 5.11 Å². The molecule has 1 nitrogen and oxygen atoms in total. The maximum Gasteiger partial charge on any atom is 0.416 e. The Bertz CT molecular complexity index is 384. The first-order chi connectivity index (χ1) is 7.39. The highest BCUT2D eigenvalue weighted by Gasteiger charge is 2.42. The van der Waals surface area contributed by atoms with E-state index < -0.39 is 17.8 Å². The summed E-state index contributed by atoms with van der Waals surface area (Å²) in [6.07, 6.45) is -3.95. The molecule has 0 heterocycles. The molecule has 16 heavy (non-hydrogen) atoms. The van der Waals surface area contributed by atoms with Crippen LogP contribution in [0.4, 0.5) is 13.2 Å². The fourth-order valence-corrected chi connectivity index (χ4v) is 2.08. The molecule has 4 heteroatoms. The Labute approximate surface area is 91.9 Å². The number of hydrogen-bond acceptors (Lipinski definition) is 1. The summed E-state index contributed by atoms with van der Waals surface area (Å²) < 4.78 is 37.4. The fourth-order valence-electron chi connectivity index (χ4n) is 2.08. The molecule has 2 rings (SSSR count). The van der Waals surface area contributed by atoms with E-state index in [1.807, 2.05) is 0 Å². The average Bonchev–Trinajstić information content (AvgIpc) is 2.96. The molecule has 0 unspecified atom stereocenters. The molecule has 1 aliphatic carbocycles. The van der Waals surface area contributed by atoms with Crippen molar-refractivity contribution in [1.82, 2.24) is 0 Å². The normalized spacial score (nSPS) is 26.6. The van der Waals surface area contributed by atoms with Crippen LogP contribution in [0.3, 0.4) is 0 Å². The Morgan fingerprint density at radius 1 is 1.38 bits per heavy atom. The Kier molecular flexibility index (Phi) is 2.70. The number of rotatable bonds is 2. The third-order valence-electron chi connectivity index (χ3n) is 3.10. The van der Waals surface area contributed by atoms with Crippen molar-refractivity contribution in [1.29, 1.82) is 0 Å². The van der Waals surface area contributed by atoms with Crippen molar-refractivity contribution in [3.05, 3.63) is 35.4 Å². The fraction of sp³-hybridized carbons (Fsp3) is 0.500. The van der Waals surface area contributed by atoms with E-state index in [1.165, 1.54) is 12.1 Å². The lowest BCUT2D eigenvalue weighted by atomic mass is 10.0. The second-order valence-corrected chi connectivity index (χ2v) is 4.37. The predicted molar refractivity (Wildman–Crippen MR) is 54.0 cm³/mol. The van der Waals surface area contributed by atoms with Crippen molar-refractivity contribution in [2.75, 3.05) is 0 Å². The molecule has 0 radical (unpaired) electrons. The van der Waals surface area contributed by atoms with Crippen LogP contribution in [0.15, 0.2) is 24.3 Å². The lowest BCUT2D eigenvalue weighted by Gasteiger charge is -2.09. The van der Waals surface area contributed by atoms with E-state index >= 15 is 0 Å². The Balaban J connectivity index is 2.19. The van der Waals surface area contributed by atoms with Crippen molar-refractivity contribution >= 4 is 0 Å². The number of hydrogen-bond donors (Lipinski definition) is 1. The van der Waals surface area contributed by atoms with Gasteiger partial charge in [0.05, 0.1) is 11.7 Å². The first kappa shape index (κ1) is 11.5. The molecule has 0 bridgehead atoms. The third-order valence-corrected chi connectivity index (χ3v) is 3.10. The van der Waals surface area contributed by atoms with Gasteiger partial charge in [0.2, 0.25) is 0 Å². The van der Waals surface area contributed by atoms with Gasteiger partial charge in [-0.1, -0.05) is 18.2 Å². The molecule has 0 aliphatic heterocycles. The molecule has 1 aromatic rings. The molecule has 1 aromatic carbocycles. The van der Waals surface area contributed by atoms with Gasteiger partial charge in [-0.2, -0.15) is 13.2 Å². The van der Waals surface area contributed by atoms with Crippen molar-refractivity contribution in [2.45, 2.75) is 31.5 Å². The van der Waals surface area contributed by atoms with Gasteiger partial charge in [-0.3, -0.25) is 0 Å². The highest BCUT2D eigenvalue weighted by Crippen LogP contribution is 2.50. The number of halogens is 3. The van der Waals surface area contributed by atoms with Crippen LogP contribution in [0.2, 0.25) is 0 Å². The molecular formula is C12H13F3O. The van der Waals surface area contributed by atoms with E-state index in [0.29, 0.717) is 5.56 Å². The van der Waals surface area contributed by atoms with Gasteiger partial charge in [0, 0.05) is 0 Å². The maximum atomic E-state index is 12.5. The van der Waals surface area contributed by atoms with Crippen LogP contribution in [-0.2, 0) is 6.18 Å². The van der Waals surface area contributed by atoms with Gasteiger partial charge in [-0.25, -0.2) is 0 Å². The summed E-state index contributed by atoms with van der Waals surface area (Å²) in [6, 6.07) is 5.38. The minimum Gasteiger partial charge on any atom is -0.393 e. The van der Waals surface area contributed by atoms with Crippen LogP contribution in [0.1, 0.15) is 30.4 Å². The lowest BCUT2D eigenvalue weighted by Crippen LogP contribution is -2.06. The summed E-state index contributed by atoms with van der Waals surface area (Å²) in [6.45, 7) is 1.68. The van der Waals surface area contributed by atoms with Gasteiger partial charge >= 0.3 is 6.18 Å². The maximum absolute atomic E-state index is 12.5. The van der Waals surface area contributed by atoms with E-state index in [-0.39, 0.29) is 11.8 Å². The summed E-state index contributed by atoms with van der Waals surface area (Å²) in [5.41, 5.74) is 0.0713. The summed E-state index contributed by atoms with van der Waals surface area (Å²) in [5.74, 6) is 0.200. The largest absolute Gasteiger partial charge is 0.416 e. The second kappa shape index (κ2) is 3.77. The van der Waals surface area contributed by atoms with Crippen LogP contribution in [0.25, 0.3) is 0 Å². The Morgan fingerprint density at radius 2 is 2.06 bits per heavy atom. The van der Waals surface area contributed by atoms with Crippen LogP contribution < -0.4 is 0 Å². The standard InChI is InChI=1S/C12H13F3O/c1-7(16)10-6-11(10)8-3-2-4-9(5-8)12(13,14)15/h2-5,7,10-11,16H,6H2,1H3/t7-,10+,11-/m0/s1. The highest BCUT2D eigenvalue weighted by atomic mass is 19.4. The molecule has 0 spiro atoms. The molecule has 0 amide bonds. The predicted octanol–water partition coefficient (Wildman–Crippen LogP) is 3.19. The Hall–Kier alpha value is -1.03. The van der Waals surface area contributed by atoms with Gasteiger partial charge in [0.15, 0.2) is 0 Å². The molecule has 0 saturated heterocycles.